The van der Waals surface area contributed by atoms with E-state index in [-0.39, 0.29) is 5.56 Å². The van der Waals surface area contributed by atoms with Crippen molar-refractivity contribution in [2.24, 2.45) is 0 Å². The summed E-state index contributed by atoms with van der Waals surface area (Å²) in [6.07, 6.45) is 1.57. The molecule has 160 valence electrons. The van der Waals surface area contributed by atoms with Gasteiger partial charge >= 0.3 is 0 Å². The lowest BCUT2D eigenvalue weighted by Crippen LogP contribution is -2.19. The average Bonchev–Trinajstić information content (AvgIpc) is 3.11. The van der Waals surface area contributed by atoms with Gasteiger partial charge in [0.25, 0.3) is 5.56 Å². The first-order valence-electron chi connectivity index (χ1n) is 10.5. The molecule has 6 rings (SSSR count). The summed E-state index contributed by atoms with van der Waals surface area (Å²) in [4.78, 5) is 28.2. The second kappa shape index (κ2) is 7.25. The molecule has 6 nitrogen and oxygen atoms in total. The van der Waals surface area contributed by atoms with Crippen LogP contribution < -0.4 is 5.56 Å². The topological polar surface area (TPSA) is 65.6 Å². The van der Waals surface area contributed by atoms with Crippen LogP contribution in [0.25, 0.3) is 44.6 Å². The molecular formula is C26H18ClN5O. The minimum Gasteiger partial charge on any atom is -0.276 e. The van der Waals surface area contributed by atoms with Crippen LogP contribution in [0.2, 0.25) is 5.02 Å². The van der Waals surface area contributed by atoms with Gasteiger partial charge in [-0.05, 0) is 67.4 Å². The Morgan fingerprint density at radius 3 is 2.24 bits per heavy atom. The van der Waals surface area contributed by atoms with E-state index in [2.05, 4.69) is 6.07 Å². The molecule has 0 saturated carbocycles. The van der Waals surface area contributed by atoms with E-state index in [0.717, 1.165) is 33.5 Å². The van der Waals surface area contributed by atoms with Crippen LogP contribution in [0.15, 0.2) is 77.9 Å². The van der Waals surface area contributed by atoms with Gasteiger partial charge in [0, 0.05) is 5.02 Å². The summed E-state index contributed by atoms with van der Waals surface area (Å²) >= 11 is 6.29. The molecule has 0 atom stereocenters. The smallest absolute Gasteiger partial charge is 0.269 e. The lowest BCUT2D eigenvalue weighted by Gasteiger charge is -2.09. The number of para-hydroxylation sites is 2. The van der Waals surface area contributed by atoms with Crippen molar-refractivity contribution in [3.63, 3.8) is 0 Å². The van der Waals surface area contributed by atoms with Crippen LogP contribution >= 0.6 is 11.6 Å². The molecule has 3 aromatic heterocycles. The summed E-state index contributed by atoms with van der Waals surface area (Å²) in [6, 6.07) is 21.0. The average molecular weight is 452 g/mol. The Kier molecular flexibility index (Phi) is 4.32. The van der Waals surface area contributed by atoms with Gasteiger partial charge in [-0.3, -0.25) is 13.9 Å². The molecule has 6 aromatic rings. The normalized spacial score (nSPS) is 11.6. The molecule has 7 heteroatoms. The number of benzene rings is 3. The molecular weight excluding hydrogens is 434 g/mol. The zero-order valence-electron chi connectivity index (χ0n) is 18.0. The number of nitrogens with zero attached hydrogens (tertiary/aromatic N) is 5. The summed E-state index contributed by atoms with van der Waals surface area (Å²) in [6.45, 7) is 4.02. The molecule has 0 radical (unpaired) electrons. The summed E-state index contributed by atoms with van der Waals surface area (Å²) in [5.41, 5.74) is 6.52. The fourth-order valence-electron chi connectivity index (χ4n) is 4.37. The van der Waals surface area contributed by atoms with E-state index in [1.165, 1.54) is 0 Å². The van der Waals surface area contributed by atoms with Gasteiger partial charge in [-0.25, -0.2) is 15.0 Å². The molecule has 0 bridgehead atoms. The zero-order chi connectivity index (χ0) is 22.7. The maximum Gasteiger partial charge on any atom is 0.269 e. The van der Waals surface area contributed by atoms with Gasteiger partial charge in [-0.2, -0.15) is 0 Å². The zero-order valence-corrected chi connectivity index (χ0v) is 18.7. The maximum atomic E-state index is 13.8. The van der Waals surface area contributed by atoms with Gasteiger partial charge in [0.15, 0.2) is 11.3 Å². The largest absolute Gasteiger partial charge is 0.276 e. The first-order chi connectivity index (χ1) is 16.0. The maximum absolute atomic E-state index is 13.8. The van der Waals surface area contributed by atoms with Crippen molar-refractivity contribution in [1.82, 2.24) is 24.1 Å². The van der Waals surface area contributed by atoms with Gasteiger partial charge in [0.2, 0.25) is 0 Å². The van der Waals surface area contributed by atoms with Crippen LogP contribution in [-0.4, -0.2) is 24.1 Å². The fraction of sp³-hybridized carbons (Fsp3) is 0.0769. The van der Waals surface area contributed by atoms with Crippen molar-refractivity contribution in [2.45, 2.75) is 13.8 Å². The van der Waals surface area contributed by atoms with Crippen molar-refractivity contribution in [1.29, 1.82) is 0 Å². The Balaban J connectivity index is 1.78. The predicted octanol–water partition coefficient (Wildman–Crippen LogP) is 5.54. The van der Waals surface area contributed by atoms with Crippen molar-refractivity contribution < 1.29 is 0 Å². The first kappa shape index (κ1) is 19.6. The number of fused-ring (bicyclic) bond motifs is 4. The lowest BCUT2D eigenvalue weighted by molar-refractivity contribution is 0.948. The van der Waals surface area contributed by atoms with Crippen molar-refractivity contribution in [2.75, 3.05) is 0 Å². The van der Waals surface area contributed by atoms with E-state index in [9.17, 15) is 4.79 Å². The van der Waals surface area contributed by atoms with Crippen LogP contribution in [0.5, 0.6) is 0 Å². The molecule has 33 heavy (non-hydrogen) atoms. The third kappa shape index (κ3) is 3.10. The Labute approximate surface area is 193 Å². The van der Waals surface area contributed by atoms with Gasteiger partial charge < -0.3 is 0 Å². The lowest BCUT2D eigenvalue weighted by atomic mass is 10.1. The Morgan fingerprint density at radius 1 is 0.788 bits per heavy atom. The predicted molar refractivity (Wildman–Crippen MR) is 132 cm³/mol. The monoisotopic (exact) mass is 451 g/mol. The summed E-state index contributed by atoms with van der Waals surface area (Å²) in [5, 5.41) is 1.00. The molecule has 0 aliphatic heterocycles. The van der Waals surface area contributed by atoms with Crippen LogP contribution in [-0.2, 0) is 0 Å². The van der Waals surface area contributed by atoms with Gasteiger partial charge in [-0.15, -0.1) is 0 Å². The minimum absolute atomic E-state index is 0.194. The highest BCUT2D eigenvalue weighted by Crippen LogP contribution is 2.29. The molecule has 0 unspecified atom stereocenters. The van der Waals surface area contributed by atoms with E-state index in [1.807, 2.05) is 73.0 Å². The van der Waals surface area contributed by atoms with E-state index >= 15 is 0 Å². The Morgan fingerprint density at radius 2 is 1.52 bits per heavy atom. The summed E-state index contributed by atoms with van der Waals surface area (Å²) in [7, 11) is 0. The Hall–Kier alpha value is -4.03. The van der Waals surface area contributed by atoms with E-state index in [1.54, 1.807) is 17.0 Å². The highest BCUT2D eigenvalue weighted by Gasteiger charge is 2.21. The van der Waals surface area contributed by atoms with Crippen molar-refractivity contribution in [3.05, 3.63) is 99.6 Å². The standard InChI is InChI=1S/C26H18ClN5O/c1-15-10-16(2)12-19(11-15)31-14-28-24-22(26(31)33)23-25(30-21-9-4-3-8-20(21)29-23)32(24)18-7-5-6-17(27)13-18/h3-14H,1-2H3. The third-order valence-electron chi connectivity index (χ3n) is 5.72. The van der Waals surface area contributed by atoms with Crippen LogP contribution in [0.1, 0.15) is 11.1 Å². The quantitative estimate of drug-likeness (QED) is 0.346. The number of hydrogen-bond acceptors (Lipinski definition) is 4. The van der Waals surface area contributed by atoms with Crippen molar-refractivity contribution >= 4 is 44.8 Å². The second-order valence-corrected chi connectivity index (χ2v) is 8.60. The van der Waals surface area contributed by atoms with E-state index < -0.39 is 0 Å². The Bertz CT molecular complexity index is 1760. The first-order valence-corrected chi connectivity index (χ1v) is 10.9. The van der Waals surface area contributed by atoms with Crippen molar-refractivity contribution in [3.8, 4) is 11.4 Å². The van der Waals surface area contributed by atoms with Crippen LogP contribution in [0.4, 0.5) is 0 Å². The number of aryl methyl sites for hydroxylation is 2. The third-order valence-corrected chi connectivity index (χ3v) is 5.95. The molecule has 0 amide bonds. The second-order valence-electron chi connectivity index (χ2n) is 8.16. The highest BCUT2D eigenvalue weighted by molar-refractivity contribution is 6.30. The highest BCUT2D eigenvalue weighted by atomic mass is 35.5. The molecule has 0 aliphatic rings. The number of halogens is 1. The molecule has 0 saturated heterocycles. The molecule has 0 N–H and O–H groups in total. The number of aromatic nitrogens is 5. The molecule has 0 fully saturated rings. The van der Waals surface area contributed by atoms with E-state index in [4.69, 9.17) is 26.6 Å². The van der Waals surface area contributed by atoms with Crippen LogP contribution in [0.3, 0.4) is 0 Å². The SMILES string of the molecule is Cc1cc(C)cc(-n2cnc3c(c2=O)c2nc4ccccc4nc2n3-c2cccc(Cl)c2)c1. The van der Waals surface area contributed by atoms with Crippen LogP contribution in [0, 0.1) is 13.8 Å². The summed E-state index contributed by atoms with van der Waals surface area (Å²) < 4.78 is 3.42. The molecule has 0 spiro atoms. The minimum atomic E-state index is -0.194. The number of hydrogen-bond donors (Lipinski definition) is 0. The molecule has 3 aromatic carbocycles. The van der Waals surface area contributed by atoms with Gasteiger partial charge in [0.1, 0.15) is 17.2 Å². The molecule has 3 heterocycles. The summed E-state index contributed by atoms with van der Waals surface area (Å²) in [5.74, 6) is 0. The number of rotatable bonds is 2. The fourth-order valence-corrected chi connectivity index (χ4v) is 4.55. The van der Waals surface area contributed by atoms with Gasteiger partial charge in [0.05, 0.1) is 22.4 Å². The molecule has 0 aliphatic carbocycles. The van der Waals surface area contributed by atoms with E-state index in [0.29, 0.717) is 27.2 Å². The van der Waals surface area contributed by atoms with Gasteiger partial charge in [-0.1, -0.05) is 35.9 Å².